The van der Waals surface area contributed by atoms with Crippen molar-refractivity contribution in [3.05, 3.63) is 0 Å². The number of hydrogen-bond donors (Lipinski definition) is 0. The summed E-state index contributed by atoms with van der Waals surface area (Å²) >= 11 is 0. The molecule has 0 amide bonds. The molecule has 0 aliphatic rings. The van der Waals surface area contributed by atoms with Crippen molar-refractivity contribution >= 4 is 63.3 Å². The van der Waals surface area contributed by atoms with Gasteiger partial charge in [0.25, 0.3) is 0 Å². The average molecular weight is 402 g/mol. The van der Waals surface area contributed by atoms with Crippen LogP contribution in [0.4, 0.5) is 0 Å². The monoisotopic (exact) mass is 400 g/mol. The molecule has 0 aromatic carbocycles. The Labute approximate surface area is 192 Å². The molecule has 0 saturated heterocycles. The maximum atomic E-state index is 11.4. The third-order valence-corrected chi connectivity index (χ3v) is 3.20. The predicted molar refractivity (Wildman–Crippen MR) is 85.0 cm³/mol. The predicted octanol–water partition coefficient (Wildman–Crippen LogP) is 4.13. The second-order valence-electron chi connectivity index (χ2n) is 5.17. The van der Waals surface area contributed by atoms with Crippen LogP contribution in [0.3, 0.4) is 0 Å². The van der Waals surface area contributed by atoms with Crippen LogP contribution in [-0.4, -0.2) is 63.3 Å². The van der Waals surface area contributed by atoms with Gasteiger partial charge < -0.3 is 4.74 Å². The third-order valence-electron chi connectivity index (χ3n) is 3.20. The summed E-state index contributed by atoms with van der Waals surface area (Å²) in [6.45, 7) is 4.32. The van der Waals surface area contributed by atoms with Gasteiger partial charge in [-0.05, 0) is 12.8 Å². The minimum Gasteiger partial charge on any atom is 0 e. The van der Waals surface area contributed by atoms with Crippen molar-refractivity contribution in [2.24, 2.45) is 0 Å². The van der Waals surface area contributed by atoms with Crippen LogP contribution in [-0.2, 0) is 40.5 Å². The molecule has 0 saturated carbocycles. The summed E-state index contributed by atoms with van der Waals surface area (Å²) in [5.41, 5.74) is 0. The molecule has 0 bridgehead atoms. The fourth-order valence-corrected chi connectivity index (χ4v) is 1.97. The van der Waals surface area contributed by atoms with E-state index in [9.17, 15) is 9.59 Å². The molecule has 0 spiro atoms. The van der Waals surface area contributed by atoms with Gasteiger partial charge in [-0.3, -0.25) is 9.59 Å². The van der Waals surface area contributed by atoms with Gasteiger partial charge in [0.15, 0.2) is 0 Å². The number of carbonyl (C=O) groups excluding carboxylic acids is 2. The molecule has 0 heterocycles. The van der Waals surface area contributed by atoms with Gasteiger partial charge in [0.1, 0.15) is 0 Å². The Morgan fingerprint density at radius 2 is 1.00 bits per heavy atom. The van der Waals surface area contributed by atoms with Crippen molar-refractivity contribution in [2.45, 2.75) is 90.9 Å². The zero-order valence-corrected chi connectivity index (χ0v) is 15.7. The van der Waals surface area contributed by atoms with E-state index in [2.05, 4.69) is 13.8 Å². The Kier molecular flexibility index (Phi) is 28.4. The number of carbonyl (C=O) groups is 2. The Morgan fingerprint density at radius 1 is 0.667 bits per heavy atom. The number of hydrogen-bond acceptors (Lipinski definition) is 3. The van der Waals surface area contributed by atoms with Gasteiger partial charge in [-0.1, -0.05) is 65.2 Å². The van der Waals surface area contributed by atoms with Gasteiger partial charge in [0, 0.05) is 39.0 Å². The normalized spacial score (nSPS) is 9.43. The zero-order valence-electron chi connectivity index (χ0n) is 13.2. The molecule has 0 aliphatic heterocycles. The summed E-state index contributed by atoms with van der Waals surface area (Å²) in [4.78, 5) is 22.8. The maximum absolute atomic E-state index is 11.4. The number of ether oxygens (including phenoxy) is 1. The first-order valence-electron chi connectivity index (χ1n) is 7.94. The SMILES string of the molecule is CCCCCCCC(=O)OC(=O)CCCCCCC.[KH].[Zr]. The minimum absolute atomic E-state index is 0. The van der Waals surface area contributed by atoms with E-state index in [0.717, 1.165) is 38.5 Å². The first kappa shape index (κ1) is 27.5. The molecule has 0 aromatic rings. The Balaban J connectivity index is -0.00000162. The van der Waals surface area contributed by atoms with Crippen LogP contribution in [0.2, 0.25) is 0 Å². The van der Waals surface area contributed by atoms with Crippen molar-refractivity contribution in [2.75, 3.05) is 0 Å². The Morgan fingerprint density at radius 3 is 1.33 bits per heavy atom. The molecule has 21 heavy (non-hydrogen) atoms. The number of unbranched alkanes of at least 4 members (excludes halogenated alkanes) is 8. The van der Waals surface area contributed by atoms with Crippen LogP contribution >= 0.6 is 0 Å². The van der Waals surface area contributed by atoms with Gasteiger partial charge in [0.2, 0.25) is 0 Å². The van der Waals surface area contributed by atoms with Gasteiger partial charge in [-0.25, -0.2) is 0 Å². The van der Waals surface area contributed by atoms with E-state index in [0.29, 0.717) is 12.8 Å². The molecule has 0 radical (unpaired) electrons. The van der Waals surface area contributed by atoms with Crippen LogP contribution in [0.1, 0.15) is 90.9 Å². The van der Waals surface area contributed by atoms with Gasteiger partial charge in [-0.2, -0.15) is 0 Å². The Bertz CT molecular complexity index is 224. The number of rotatable bonds is 12. The van der Waals surface area contributed by atoms with Crippen LogP contribution < -0.4 is 0 Å². The molecule has 118 valence electrons. The standard InChI is InChI=1S/C16H30O3.K.Zr.H/c1-3-5-7-9-11-13-15(17)19-16(18)14-12-10-8-6-4-2;;;/h3-14H2,1-2H3;;;. The van der Waals surface area contributed by atoms with Crippen molar-refractivity contribution in [1.29, 1.82) is 0 Å². The maximum Gasteiger partial charge on any atom is 0 e. The van der Waals surface area contributed by atoms with E-state index in [1.807, 2.05) is 0 Å². The first-order valence-corrected chi connectivity index (χ1v) is 7.94. The van der Waals surface area contributed by atoms with E-state index in [4.69, 9.17) is 4.74 Å². The fraction of sp³-hybridized carbons (Fsp3) is 0.875. The molecule has 0 aliphatic carbocycles. The molecule has 0 rings (SSSR count). The van der Waals surface area contributed by atoms with Crippen LogP contribution in [0.5, 0.6) is 0 Å². The van der Waals surface area contributed by atoms with E-state index >= 15 is 0 Å². The van der Waals surface area contributed by atoms with Crippen molar-refractivity contribution in [1.82, 2.24) is 0 Å². The average Bonchev–Trinajstić information content (AvgIpc) is 2.38. The largest absolute Gasteiger partial charge is 0 e. The molecular formula is C16H31KO3Zr. The molecule has 3 nitrogen and oxygen atoms in total. The number of esters is 2. The Hall–Kier alpha value is 1.66. The smallest absolute Gasteiger partial charge is 0 e. The van der Waals surface area contributed by atoms with Crippen molar-refractivity contribution < 1.29 is 40.5 Å². The topological polar surface area (TPSA) is 43.4 Å². The van der Waals surface area contributed by atoms with E-state index < -0.39 is 0 Å². The molecule has 0 fully saturated rings. The summed E-state index contributed by atoms with van der Waals surface area (Å²) in [7, 11) is 0. The summed E-state index contributed by atoms with van der Waals surface area (Å²) in [6, 6.07) is 0. The summed E-state index contributed by atoms with van der Waals surface area (Å²) in [5, 5.41) is 0. The zero-order chi connectivity index (χ0) is 14.3. The third kappa shape index (κ3) is 21.7. The van der Waals surface area contributed by atoms with E-state index in [-0.39, 0.29) is 89.5 Å². The van der Waals surface area contributed by atoms with Gasteiger partial charge in [-0.15, -0.1) is 0 Å². The van der Waals surface area contributed by atoms with E-state index in [1.54, 1.807) is 0 Å². The molecule has 0 aromatic heterocycles. The molecule has 0 N–H and O–H groups in total. The van der Waals surface area contributed by atoms with Crippen LogP contribution in [0.15, 0.2) is 0 Å². The fourth-order valence-electron chi connectivity index (χ4n) is 1.97. The van der Waals surface area contributed by atoms with E-state index in [1.165, 1.54) is 25.7 Å². The summed E-state index contributed by atoms with van der Waals surface area (Å²) in [5.74, 6) is -0.704. The van der Waals surface area contributed by atoms with Crippen LogP contribution in [0.25, 0.3) is 0 Å². The van der Waals surface area contributed by atoms with Gasteiger partial charge in [0.05, 0.1) is 0 Å². The second-order valence-corrected chi connectivity index (χ2v) is 5.17. The summed E-state index contributed by atoms with van der Waals surface area (Å²) < 4.78 is 4.79. The van der Waals surface area contributed by atoms with Crippen molar-refractivity contribution in [3.8, 4) is 0 Å². The minimum atomic E-state index is -0.352. The summed E-state index contributed by atoms with van der Waals surface area (Å²) in [6.07, 6.45) is 11.7. The first-order chi connectivity index (χ1) is 9.20. The van der Waals surface area contributed by atoms with Crippen LogP contribution in [0, 0.1) is 0 Å². The molecule has 0 atom stereocenters. The molecular weight excluding hydrogens is 370 g/mol. The quantitative estimate of drug-likeness (QED) is 0.214. The molecule has 5 heteroatoms. The van der Waals surface area contributed by atoms with Crippen molar-refractivity contribution in [3.63, 3.8) is 0 Å². The molecule has 0 unspecified atom stereocenters. The second kappa shape index (κ2) is 21.7. The van der Waals surface area contributed by atoms with Gasteiger partial charge >= 0.3 is 63.3 Å².